The lowest BCUT2D eigenvalue weighted by Gasteiger charge is -2.45. The van der Waals surface area contributed by atoms with Gasteiger partial charge in [0.2, 0.25) is 0 Å². The van der Waals surface area contributed by atoms with Crippen LogP contribution in [0, 0.1) is 0 Å². The first-order valence-electron chi connectivity index (χ1n) is 6.09. The van der Waals surface area contributed by atoms with E-state index < -0.39 is 0 Å². The smallest absolute Gasteiger partial charge is 0.0581 e. The normalized spacial score (nSPS) is 29.2. The Bertz CT molecular complexity index is 373. The van der Waals surface area contributed by atoms with E-state index in [1.165, 1.54) is 17.5 Å². The molecule has 0 fully saturated rings. The summed E-state index contributed by atoms with van der Waals surface area (Å²) in [6.45, 7) is 3.01. The van der Waals surface area contributed by atoms with Crippen molar-refractivity contribution in [3.8, 4) is 0 Å². The van der Waals surface area contributed by atoms with Gasteiger partial charge in [-0.05, 0) is 44.0 Å². The molecule has 0 spiro atoms. The molecule has 16 heavy (non-hydrogen) atoms. The molecule has 2 nitrogen and oxygen atoms in total. The lowest BCUT2D eigenvalue weighted by Crippen LogP contribution is -2.49. The Balaban J connectivity index is 2.56. The van der Waals surface area contributed by atoms with Gasteiger partial charge in [0.1, 0.15) is 0 Å². The van der Waals surface area contributed by atoms with E-state index in [2.05, 4.69) is 50.2 Å². The van der Waals surface area contributed by atoms with Crippen LogP contribution >= 0.6 is 0 Å². The molecule has 2 unspecified atom stereocenters. The van der Waals surface area contributed by atoms with E-state index in [9.17, 15) is 0 Å². The van der Waals surface area contributed by atoms with E-state index in [1.807, 2.05) is 0 Å². The van der Waals surface area contributed by atoms with Crippen molar-refractivity contribution in [3.63, 3.8) is 0 Å². The molecule has 0 bridgehead atoms. The summed E-state index contributed by atoms with van der Waals surface area (Å²) >= 11 is 0. The molecule has 0 radical (unpaired) electrons. The van der Waals surface area contributed by atoms with Crippen LogP contribution < -0.4 is 5.73 Å². The van der Waals surface area contributed by atoms with E-state index in [0.29, 0.717) is 12.5 Å². The number of nitrogens with two attached hydrogens (primary N) is 1. The second-order valence-corrected chi connectivity index (χ2v) is 5.16. The van der Waals surface area contributed by atoms with Gasteiger partial charge in [-0.15, -0.1) is 0 Å². The minimum Gasteiger partial charge on any atom is -0.328 e. The molecule has 1 aliphatic carbocycles. The number of likely N-dealkylation sites (N-methyl/N-ethyl adjacent to an activating group) is 1. The van der Waals surface area contributed by atoms with Crippen molar-refractivity contribution in [2.75, 3.05) is 20.6 Å². The van der Waals surface area contributed by atoms with Gasteiger partial charge in [0.15, 0.2) is 0 Å². The van der Waals surface area contributed by atoms with Crippen LogP contribution in [0.1, 0.15) is 36.8 Å². The molecule has 2 N–H and O–H groups in total. The average molecular weight is 218 g/mol. The van der Waals surface area contributed by atoms with Gasteiger partial charge >= 0.3 is 0 Å². The zero-order valence-electron chi connectivity index (χ0n) is 10.5. The fourth-order valence-corrected chi connectivity index (χ4v) is 2.96. The largest absolute Gasteiger partial charge is 0.328 e. The molecule has 2 atom stereocenters. The van der Waals surface area contributed by atoms with Crippen molar-refractivity contribution >= 4 is 0 Å². The highest BCUT2D eigenvalue weighted by Crippen LogP contribution is 2.43. The van der Waals surface area contributed by atoms with Crippen LogP contribution in [0.2, 0.25) is 0 Å². The van der Waals surface area contributed by atoms with Crippen LogP contribution in [0.5, 0.6) is 0 Å². The van der Waals surface area contributed by atoms with Gasteiger partial charge < -0.3 is 5.73 Å². The molecule has 0 aromatic heterocycles. The Hall–Kier alpha value is -0.860. The predicted molar refractivity (Wildman–Crippen MR) is 68.5 cm³/mol. The Kier molecular flexibility index (Phi) is 3.04. The highest BCUT2D eigenvalue weighted by molar-refractivity contribution is 5.39. The van der Waals surface area contributed by atoms with Crippen LogP contribution in [0.25, 0.3) is 0 Å². The highest BCUT2D eigenvalue weighted by atomic mass is 15.2. The van der Waals surface area contributed by atoms with E-state index in [1.54, 1.807) is 0 Å². The molecule has 2 rings (SSSR count). The van der Waals surface area contributed by atoms with Crippen molar-refractivity contribution in [2.24, 2.45) is 5.73 Å². The first kappa shape index (κ1) is 11.6. The summed E-state index contributed by atoms with van der Waals surface area (Å²) in [5.41, 5.74) is 9.01. The van der Waals surface area contributed by atoms with Crippen LogP contribution in [-0.2, 0) is 5.54 Å². The molecule has 0 heterocycles. The second-order valence-electron chi connectivity index (χ2n) is 5.16. The minimum atomic E-state index is 0.0447. The fraction of sp³-hybridized carbons (Fsp3) is 0.571. The number of hydrogen-bond donors (Lipinski definition) is 1. The quantitative estimate of drug-likeness (QED) is 0.825. The molecular formula is C14H22N2. The molecule has 0 aliphatic heterocycles. The summed E-state index contributed by atoms with van der Waals surface area (Å²) < 4.78 is 0. The number of rotatable bonds is 2. The van der Waals surface area contributed by atoms with Gasteiger partial charge in [-0.25, -0.2) is 0 Å². The topological polar surface area (TPSA) is 29.3 Å². The second kappa shape index (κ2) is 4.19. The molecule has 0 saturated carbocycles. The third kappa shape index (κ3) is 1.57. The van der Waals surface area contributed by atoms with Gasteiger partial charge in [0, 0.05) is 6.54 Å². The monoisotopic (exact) mass is 218 g/mol. The Morgan fingerprint density at radius 2 is 2.06 bits per heavy atom. The highest BCUT2D eigenvalue weighted by Gasteiger charge is 2.39. The van der Waals surface area contributed by atoms with E-state index >= 15 is 0 Å². The molecule has 0 saturated heterocycles. The molecule has 2 heteroatoms. The predicted octanol–water partition coefficient (Wildman–Crippen LogP) is 2.30. The molecule has 0 amide bonds. The van der Waals surface area contributed by atoms with E-state index in [0.717, 1.165) is 6.42 Å². The van der Waals surface area contributed by atoms with Crippen molar-refractivity contribution in [1.82, 2.24) is 4.90 Å². The van der Waals surface area contributed by atoms with Gasteiger partial charge in [0.05, 0.1) is 5.54 Å². The summed E-state index contributed by atoms with van der Waals surface area (Å²) in [4.78, 5) is 2.29. The van der Waals surface area contributed by atoms with Gasteiger partial charge in [-0.3, -0.25) is 4.90 Å². The Labute approximate surface area is 98.4 Å². The Morgan fingerprint density at radius 1 is 1.38 bits per heavy atom. The zero-order valence-corrected chi connectivity index (χ0v) is 10.5. The van der Waals surface area contributed by atoms with E-state index in [-0.39, 0.29) is 5.54 Å². The van der Waals surface area contributed by atoms with E-state index in [4.69, 9.17) is 5.73 Å². The third-order valence-electron chi connectivity index (χ3n) is 4.18. The summed E-state index contributed by atoms with van der Waals surface area (Å²) in [7, 11) is 4.28. The summed E-state index contributed by atoms with van der Waals surface area (Å²) in [6, 6.07) is 8.77. The standard InChI is InChI=1S/C14H22N2/c1-11-8-9-14(10-15,16(2)3)13-7-5-4-6-12(11)13/h4-7,11H,8-10,15H2,1-3H3. The maximum atomic E-state index is 6.06. The minimum absolute atomic E-state index is 0.0447. The maximum absolute atomic E-state index is 6.06. The lowest BCUT2D eigenvalue weighted by atomic mass is 9.71. The number of nitrogens with zero attached hydrogens (tertiary/aromatic N) is 1. The maximum Gasteiger partial charge on any atom is 0.0581 e. The lowest BCUT2D eigenvalue weighted by molar-refractivity contribution is 0.130. The molecular weight excluding hydrogens is 196 g/mol. The first-order chi connectivity index (χ1) is 7.62. The molecule has 1 aliphatic rings. The van der Waals surface area contributed by atoms with Gasteiger partial charge in [-0.1, -0.05) is 31.2 Å². The van der Waals surface area contributed by atoms with Gasteiger partial charge in [-0.2, -0.15) is 0 Å². The molecule has 1 aromatic carbocycles. The Morgan fingerprint density at radius 3 is 2.69 bits per heavy atom. The van der Waals surface area contributed by atoms with Crippen LogP contribution in [-0.4, -0.2) is 25.5 Å². The fourth-order valence-electron chi connectivity index (χ4n) is 2.96. The van der Waals surface area contributed by atoms with Crippen molar-refractivity contribution in [1.29, 1.82) is 0 Å². The zero-order chi connectivity index (χ0) is 11.8. The summed E-state index contributed by atoms with van der Waals surface area (Å²) in [5.74, 6) is 0.663. The van der Waals surface area contributed by atoms with Crippen molar-refractivity contribution in [3.05, 3.63) is 35.4 Å². The average Bonchev–Trinajstić information content (AvgIpc) is 2.30. The van der Waals surface area contributed by atoms with Crippen molar-refractivity contribution < 1.29 is 0 Å². The number of hydrogen-bond acceptors (Lipinski definition) is 2. The number of fused-ring (bicyclic) bond motifs is 1. The summed E-state index contributed by atoms with van der Waals surface area (Å²) in [6.07, 6.45) is 2.39. The van der Waals surface area contributed by atoms with Crippen molar-refractivity contribution in [2.45, 2.75) is 31.2 Å². The van der Waals surface area contributed by atoms with Crippen LogP contribution in [0.3, 0.4) is 0 Å². The van der Waals surface area contributed by atoms with Gasteiger partial charge in [0.25, 0.3) is 0 Å². The SMILES string of the molecule is CC1CCC(CN)(N(C)C)c2ccccc21. The summed E-state index contributed by atoms with van der Waals surface area (Å²) in [5, 5.41) is 0. The van der Waals surface area contributed by atoms with Crippen LogP contribution in [0.15, 0.2) is 24.3 Å². The molecule has 88 valence electrons. The third-order valence-corrected chi connectivity index (χ3v) is 4.18. The van der Waals surface area contributed by atoms with Crippen LogP contribution in [0.4, 0.5) is 0 Å². The number of benzene rings is 1. The first-order valence-corrected chi connectivity index (χ1v) is 6.09. The molecule has 1 aromatic rings.